The zero-order valence-electron chi connectivity index (χ0n) is 10.9. The first-order valence-corrected chi connectivity index (χ1v) is 5.39. The first-order valence-electron chi connectivity index (χ1n) is 5.39. The summed E-state index contributed by atoms with van der Waals surface area (Å²) in [6.45, 7) is 1.50. The smallest absolute Gasteiger partial charge is 0.316 e. The van der Waals surface area contributed by atoms with E-state index in [1.54, 1.807) is 18.2 Å². The van der Waals surface area contributed by atoms with Gasteiger partial charge >= 0.3 is 5.97 Å². The Morgan fingerprint density at radius 1 is 1.11 bits per heavy atom. The zero-order valence-corrected chi connectivity index (χ0v) is 10.9. The van der Waals surface area contributed by atoms with Gasteiger partial charge in [0.15, 0.2) is 5.78 Å². The van der Waals surface area contributed by atoms with Gasteiger partial charge in [-0.2, -0.15) is 0 Å². The minimum Gasteiger partial charge on any atom is -0.497 e. The van der Waals surface area contributed by atoms with Gasteiger partial charge in [-0.15, -0.1) is 0 Å². The number of hydrogen-bond acceptors (Lipinski definition) is 5. The second-order valence-corrected chi connectivity index (χ2v) is 3.68. The van der Waals surface area contributed by atoms with Gasteiger partial charge in [-0.05, 0) is 19.1 Å². The molecule has 18 heavy (non-hydrogen) atoms. The minimum absolute atomic E-state index is 0.330. The average molecular weight is 252 g/mol. The van der Waals surface area contributed by atoms with Crippen molar-refractivity contribution in [1.29, 1.82) is 0 Å². The Morgan fingerprint density at radius 3 is 2.28 bits per heavy atom. The Morgan fingerprint density at radius 2 is 1.78 bits per heavy atom. The summed E-state index contributed by atoms with van der Waals surface area (Å²) in [5.74, 6) is -0.833. The molecule has 0 aliphatic rings. The van der Waals surface area contributed by atoms with Crippen LogP contribution in [0.4, 0.5) is 0 Å². The number of carbonyl (C=O) groups excluding carboxylic acids is 2. The Bertz CT molecular complexity index is 453. The molecule has 0 bridgehead atoms. The second-order valence-electron chi connectivity index (χ2n) is 3.68. The molecule has 1 unspecified atom stereocenters. The van der Waals surface area contributed by atoms with E-state index in [2.05, 4.69) is 4.74 Å². The number of carbonyl (C=O) groups is 2. The van der Waals surface area contributed by atoms with Gasteiger partial charge in [-0.3, -0.25) is 9.59 Å². The van der Waals surface area contributed by atoms with Crippen molar-refractivity contribution in [2.75, 3.05) is 21.3 Å². The third kappa shape index (κ3) is 2.80. The maximum absolute atomic E-state index is 12.1. The van der Waals surface area contributed by atoms with Crippen LogP contribution in [0.5, 0.6) is 11.5 Å². The van der Waals surface area contributed by atoms with Crippen molar-refractivity contribution in [2.24, 2.45) is 5.92 Å². The Kier molecular flexibility index (Phi) is 4.71. The number of ketones is 1. The SMILES string of the molecule is COC(=O)C(C)C(=O)c1ccc(OC)cc1OC. The molecule has 0 amide bonds. The van der Waals surface area contributed by atoms with Gasteiger partial charge in [0.25, 0.3) is 0 Å². The van der Waals surface area contributed by atoms with Gasteiger partial charge in [0.2, 0.25) is 0 Å². The number of Topliss-reactive ketones (excluding diaryl/α,β-unsaturated/α-hetero) is 1. The van der Waals surface area contributed by atoms with Gasteiger partial charge in [-0.25, -0.2) is 0 Å². The molecule has 1 rings (SSSR count). The molecule has 1 atom stereocenters. The molecule has 0 radical (unpaired) electrons. The highest BCUT2D eigenvalue weighted by atomic mass is 16.5. The maximum Gasteiger partial charge on any atom is 0.316 e. The van der Waals surface area contributed by atoms with E-state index in [9.17, 15) is 9.59 Å². The third-order valence-corrected chi connectivity index (χ3v) is 2.62. The maximum atomic E-state index is 12.1. The fourth-order valence-electron chi connectivity index (χ4n) is 1.52. The quantitative estimate of drug-likeness (QED) is 0.453. The molecule has 1 aromatic rings. The number of hydrogen-bond donors (Lipinski definition) is 0. The van der Waals surface area contributed by atoms with E-state index in [0.29, 0.717) is 17.1 Å². The summed E-state index contributed by atoms with van der Waals surface area (Å²) < 4.78 is 14.7. The molecular weight excluding hydrogens is 236 g/mol. The van der Waals surface area contributed by atoms with Crippen LogP contribution in [0, 0.1) is 5.92 Å². The lowest BCUT2D eigenvalue weighted by Gasteiger charge is -2.12. The van der Waals surface area contributed by atoms with Crippen molar-refractivity contribution in [3.05, 3.63) is 23.8 Å². The summed E-state index contributed by atoms with van der Waals surface area (Å²) in [4.78, 5) is 23.4. The lowest BCUT2D eigenvalue weighted by molar-refractivity contribution is -0.143. The molecule has 0 N–H and O–H groups in total. The van der Waals surface area contributed by atoms with Crippen molar-refractivity contribution in [3.63, 3.8) is 0 Å². The molecule has 1 aromatic carbocycles. The van der Waals surface area contributed by atoms with Crippen molar-refractivity contribution in [1.82, 2.24) is 0 Å². The largest absolute Gasteiger partial charge is 0.497 e. The van der Waals surface area contributed by atoms with Crippen LogP contribution in [0.1, 0.15) is 17.3 Å². The minimum atomic E-state index is -0.864. The molecule has 5 nitrogen and oxygen atoms in total. The van der Waals surface area contributed by atoms with E-state index in [4.69, 9.17) is 9.47 Å². The third-order valence-electron chi connectivity index (χ3n) is 2.62. The molecule has 0 saturated heterocycles. The molecule has 0 aliphatic heterocycles. The standard InChI is InChI=1S/C13H16O5/c1-8(13(15)18-4)12(14)10-6-5-9(16-2)7-11(10)17-3/h5-8H,1-4H3. The van der Waals surface area contributed by atoms with Gasteiger partial charge in [-0.1, -0.05) is 0 Å². The van der Waals surface area contributed by atoms with Crippen molar-refractivity contribution in [3.8, 4) is 11.5 Å². The fraction of sp³-hybridized carbons (Fsp3) is 0.385. The Balaban J connectivity index is 3.09. The number of ether oxygens (including phenoxy) is 3. The fourth-order valence-corrected chi connectivity index (χ4v) is 1.52. The van der Waals surface area contributed by atoms with E-state index in [-0.39, 0.29) is 5.78 Å². The number of rotatable bonds is 5. The summed E-state index contributed by atoms with van der Waals surface area (Å²) in [7, 11) is 4.22. The average Bonchev–Trinajstić information content (AvgIpc) is 2.43. The van der Waals surface area contributed by atoms with E-state index in [1.165, 1.54) is 28.3 Å². The van der Waals surface area contributed by atoms with E-state index in [0.717, 1.165) is 0 Å². The zero-order chi connectivity index (χ0) is 13.7. The van der Waals surface area contributed by atoms with Crippen LogP contribution in [0.25, 0.3) is 0 Å². The highest BCUT2D eigenvalue weighted by Crippen LogP contribution is 2.26. The lowest BCUT2D eigenvalue weighted by atomic mass is 9.98. The summed E-state index contributed by atoms with van der Waals surface area (Å²) in [5.41, 5.74) is 0.330. The number of benzene rings is 1. The van der Waals surface area contributed by atoms with Crippen LogP contribution < -0.4 is 9.47 Å². The van der Waals surface area contributed by atoms with E-state index in [1.807, 2.05) is 0 Å². The van der Waals surface area contributed by atoms with Gasteiger partial charge in [0, 0.05) is 6.07 Å². The monoisotopic (exact) mass is 252 g/mol. The van der Waals surface area contributed by atoms with Crippen LogP contribution in [0.2, 0.25) is 0 Å². The molecule has 0 spiro atoms. The van der Waals surface area contributed by atoms with Crippen LogP contribution in [-0.2, 0) is 9.53 Å². The summed E-state index contributed by atoms with van der Waals surface area (Å²) in [6.07, 6.45) is 0. The van der Waals surface area contributed by atoms with E-state index < -0.39 is 11.9 Å². The molecule has 0 saturated carbocycles. The first kappa shape index (κ1) is 14.0. The summed E-state index contributed by atoms with van der Waals surface area (Å²) in [5, 5.41) is 0. The molecule has 0 aliphatic carbocycles. The second kappa shape index (κ2) is 6.05. The van der Waals surface area contributed by atoms with Gasteiger partial charge < -0.3 is 14.2 Å². The topological polar surface area (TPSA) is 61.8 Å². The van der Waals surface area contributed by atoms with Crippen molar-refractivity contribution >= 4 is 11.8 Å². The van der Waals surface area contributed by atoms with Crippen molar-refractivity contribution < 1.29 is 23.8 Å². The Hall–Kier alpha value is -2.04. The van der Waals surface area contributed by atoms with Crippen molar-refractivity contribution in [2.45, 2.75) is 6.92 Å². The van der Waals surface area contributed by atoms with E-state index >= 15 is 0 Å². The molecule has 5 heteroatoms. The molecule has 98 valence electrons. The van der Waals surface area contributed by atoms with Gasteiger partial charge in [0.05, 0.1) is 26.9 Å². The summed E-state index contributed by atoms with van der Waals surface area (Å²) >= 11 is 0. The predicted octanol–water partition coefficient (Wildman–Crippen LogP) is 1.70. The lowest BCUT2D eigenvalue weighted by Crippen LogP contribution is -2.22. The van der Waals surface area contributed by atoms with Gasteiger partial charge in [0.1, 0.15) is 17.4 Å². The normalized spacial score (nSPS) is 11.6. The highest BCUT2D eigenvalue weighted by molar-refractivity contribution is 6.09. The van der Waals surface area contributed by atoms with Crippen LogP contribution >= 0.6 is 0 Å². The number of esters is 1. The number of methoxy groups -OCH3 is 3. The highest BCUT2D eigenvalue weighted by Gasteiger charge is 2.26. The molecule has 0 aromatic heterocycles. The van der Waals surface area contributed by atoms with Crippen LogP contribution in [-0.4, -0.2) is 33.1 Å². The predicted molar refractivity (Wildman–Crippen MR) is 65.1 cm³/mol. The Labute approximate surface area is 106 Å². The van der Waals surface area contributed by atoms with Crippen LogP contribution in [0.3, 0.4) is 0 Å². The first-order chi connectivity index (χ1) is 8.54. The molecular formula is C13H16O5. The summed E-state index contributed by atoms with van der Waals surface area (Å²) in [6, 6.07) is 4.80. The molecule has 0 heterocycles. The van der Waals surface area contributed by atoms with Crippen LogP contribution in [0.15, 0.2) is 18.2 Å². The molecule has 0 fully saturated rings.